The molecule has 0 bridgehead atoms. The van der Waals surface area contributed by atoms with E-state index in [1.54, 1.807) is 12.1 Å². The number of aromatic nitrogens is 4. The Labute approximate surface area is 205 Å². The van der Waals surface area contributed by atoms with Gasteiger partial charge >= 0.3 is 0 Å². The van der Waals surface area contributed by atoms with Crippen LogP contribution in [0.4, 0.5) is 23.1 Å². The van der Waals surface area contributed by atoms with Gasteiger partial charge in [-0.3, -0.25) is 9.82 Å². The van der Waals surface area contributed by atoms with Crippen LogP contribution in [0.2, 0.25) is 0 Å². The fourth-order valence-electron chi connectivity index (χ4n) is 3.86. The molecule has 184 valence electrons. The Bertz CT molecular complexity index is 1310. The lowest BCUT2D eigenvalue weighted by molar-refractivity contribution is 0.312. The van der Waals surface area contributed by atoms with Crippen LogP contribution in [0.15, 0.2) is 36.4 Å². The molecule has 0 radical (unpaired) electrons. The van der Waals surface area contributed by atoms with Crippen molar-refractivity contribution in [2.45, 2.75) is 25.0 Å². The van der Waals surface area contributed by atoms with E-state index in [-0.39, 0.29) is 5.25 Å². The molecule has 3 heterocycles. The number of hydrogen-bond donors (Lipinski definition) is 3. The van der Waals surface area contributed by atoms with Crippen molar-refractivity contribution in [1.29, 1.82) is 0 Å². The highest BCUT2D eigenvalue weighted by Gasteiger charge is 2.35. The van der Waals surface area contributed by atoms with Crippen LogP contribution < -0.4 is 14.9 Å². The van der Waals surface area contributed by atoms with Crippen LogP contribution in [0.25, 0.3) is 12.2 Å². The number of likely N-dealkylation sites (N-methyl/N-ethyl adjacent to an activating group) is 1. The van der Waals surface area contributed by atoms with Crippen LogP contribution in [0.5, 0.6) is 0 Å². The van der Waals surface area contributed by atoms with Gasteiger partial charge in [-0.1, -0.05) is 18.2 Å². The quantitative estimate of drug-likeness (QED) is 0.437. The first-order chi connectivity index (χ1) is 16.8. The number of piperazine rings is 1. The summed E-state index contributed by atoms with van der Waals surface area (Å²) < 4.78 is 26.9. The Hall–Kier alpha value is -3.44. The fourth-order valence-corrected chi connectivity index (χ4v) is 5.25. The third-order valence-corrected chi connectivity index (χ3v) is 7.95. The number of sulfonamides is 1. The number of H-pyrrole nitrogens is 1. The molecule has 0 spiro atoms. The zero-order valence-electron chi connectivity index (χ0n) is 19.9. The normalized spacial score (nSPS) is 17.1. The van der Waals surface area contributed by atoms with E-state index in [9.17, 15) is 8.42 Å². The van der Waals surface area contributed by atoms with Crippen LogP contribution in [0.1, 0.15) is 29.9 Å². The second-order valence-corrected chi connectivity index (χ2v) is 11.1. The van der Waals surface area contributed by atoms with Crippen LogP contribution in [-0.4, -0.2) is 72.0 Å². The third-order valence-electron chi connectivity index (χ3n) is 6.08. The number of anilines is 4. The number of hydrogen-bond acceptors (Lipinski definition) is 8. The summed E-state index contributed by atoms with van der Waals surface area (Å²) in [5.41, 5.74) is 2.46. The number of nitrogens with zero attached hydrogens (tertiary/aromatic N) is 5. The van der Waals surface area contributed by atoms with E-state index in [1.807, 2.05) is 43.3 Å². The first kappa shape index (κ1) is 23.3. The number of nitrogens with one attached hydrogen (secondary N) is 3. The standard InChI is InChI=1S/C24H30N8O2S/c1-17-15-23(29-28-17)26-22-16-24(32-13-11-31(2)12-14-32)27-21(25-22)10-5-18-3-6-19(7-4-18)30-35(33,34)20-8-9-20/h3-7,10,15-16,20,30H,8-9,11-14H2,1-2H3,(H2,25,26,27,28,29)/b10-5+. The lowest BCUT2D eigenvalue weighted by Crippen LogP contribution is -2.44. The van der Waals surface area contributed by atoms with Crippen molar-refractivity contribution >= 4 is 45.3 Å². The molecule has 2 aliphatic rings. The lowest BCUT2D eigenvalue weighted by atomic mass is 10.2. The minimum Gasteiger partial charge on any atom is -0.354 e. The molecule has 10 nitrogen and oxygen atoms in total. The van der Waals surface area contributed by atoms with Crippen molar-refractivity contribution in [3.63, 3.8) is 0 Å². The molecule has 3 N–H and O–H groups in total. The smallest absolute Gasteiger partial charge is 0.235 e. The van der Waals surface area contributed by atoms with Crippen molar-refractivity contribution in [3.8, 4) is 0 Å². The van der Waals surface area contributed by atoms with Crippen molar-refractivity contribution in [3.05, 3.63) is 53.5 Å². The van der Waals surface area contributed by atoms with Crippen LogP contribution in [-0.2, 0) is 10.0 Å². The number of aryl methyl sites for hydroxylation is 1. The molecule has 1 aromatic carbocycles. The van der Waals surface area contributed by atoms with E-state index in [1.165, 1.54) is 0 Å². The fraction of sp³-hybridized carbons (Fsp3) is 0.375. The van der Waals surface area contributed by atoms with Crippen molar-refractivity contribution in [2.24, 2.45) is 0 Å². The molecule has 1 aliphatic carbocycles. The summed E-state index contributed by atoms with van der Waals surface area (Å²) in [6.07, 6.45) is 5.26. The molecule has 11 heteroatoms. The van der Waals surface area contributed by atoms with Gasteiger partial charge in [-0.2, -0.15) is 5.10 Å². The van der Waals surface area contributed by atoms with Crippen molar-refractivity contribution in [2.75, 3.05) is 48.2 Å². The van der Waals surface area contributed by atoms with Crippen molar-refractivity contribution in [1.82, 2.24) is 25.1 Å². The van der Waals surface area contributed by atoms with Gasteiger partial charge in [0, 0.05) is 49.7 Å². The summed E-state index contributed by atoms with van der Waals surface area (Å²) in [5.74, 6) is 2.82. The van der Waals surface area contributed by atoms with Crippen LogP contribution >= 0.6 is 0 Å². The Kier molecular flexibility index (Phi) is 6.44. The molecule has 35 heavy (non-hydrogen) atoms. The van der Waals surface area contributed by atoms with E-state index in [0.717, 1.165) is 56.1 Å². The molecular weight excluding hydrogens is 464 g/mol. The summed E-state index contributed by atoms with van der Waals surface area (Å²) in [7, 11) is -1.14. The monoisotopic (exact) mass is 494 g/mol. The van der Waals surface area contributed by atoms with Gasteiger partial charge in [0.25, 0.3) is 0 Å². The molecule has 0 atom stereocenters. The molecule has 0 amide bonds. The first-order valence-electron chi connectivity index (χ1n) is 11.8. The third kappa shape index (κ3) is 5.98. The summed E-state index contributed by atoms with van der Waals surface area (Å²) in [4.78, 5) is 14.0. The Balaban J connectivity index is 1.35. The van der Waals surface area contributed by atoms with Crippen LogP contribution in [0, 0.1) is 6.92 Å². The van der Waals surface area contributed by atoms with Crippen LogP contribution in [0.3, 0.4) is 0 Å². The average molecular weight is 495 g/mol. The largest absolute Gasteiger partial charge is 0.354 e. The summed E-state index contributed by atoms with van der Waals surface area (Å²) in [5, 5.41) is 10.2. The van der Waals surface area contributed by atoms with E-state index < -0.39 is 10.0 Å². The molecule has 2 fully saturated rings. The second-order valence-electron chi connectivity index (χ2n) is 9.12. The molecule has 2 aromatic heterocycles. The average Bonchev–Trinajstić information content (AvgIpc) is 3.62. The lowest BCUT2D eigenvalue weighted by Gasteiger charge is -2.33. The van der Waals surface area contributed by atoms with E-state index in [0.29, 0.717) is 23.1 Å². The highest BCUT2D eigenvalue weighted by molar-refractivity contribution is 7.93. The molecule has 1 aliphatic heterocycles. The van der Waals surface area contributed by atoms with E-state index in [4.69, 9.17) is 4.98 Å². The highest BCUT2D eigenvalue weighted by atomic mass is 32.2. The van der Waals surface area contributed by atoms with Gasteiger partial charge in [-0.25, -0.2) is 18.4 Å². The zero-order chi connectivity index (χ0) is 24.4. The van der Waals surface area contributed by atoms with E-state index in [2.05, 4.69) is 42.1 Å². The molecule has 5 rings (SSSR count). The maximum absolute atomic E-state index is 12.1. The molecule has 3 aromatic rings. The first-order valence-corrected chi connectivity index (χ1v) is 13.3. The van der Waals surface area contributed by atoms with Gasteiger partial charge in [0.1, 0.15) is 11.6 Å². The maximum Gasteiger partial charge on any atom is 0.235 e. The SMILES string of the molecule is Cc1cc(Nc2cc(N3CCN(C)CC3)nc(/C=C/c3ccc(NS(=O)(=O)C4CC4)cc3)n2)n[nH]1. The topological polar surface area (TPSA) is 119 Å². The molecule has 1 saturated carbocycles. The minimum absolute atomic E-state index is 0.250. The molecular formula is C24H30N8O2S. The molecule has 0 unspecified atom stereocenters. The zero-order valence-corrected chi connectivity index (χ0v) is 20.7. The second kappa shape index (κ2) is 9.67. The summed E-state index contributed by atoms with van der Waals surface area (Å²) in [6.45, 7) is 5.70. The van der Waals surface area contributed by atoms with Crippen molar-refractivity contribution < 1.29 is 8.42 Å². The van der Waals surface area contributed by atoms with Gasteiger partial charge in [0.15, 0.2) is 11.6 Å². The predicted octanol–water partition coefficient (Wildman–Crippen LogP) is 3.08. The Morgan fingerprint density at radius 2 is 1.74 bits per heavy atom. The van der Waals surface area contributed by atoms with Gasteiger partial charge in [0.2, 0.25) is 10.0 Å². The number of rotatable bonds is 8. The summed E-state index contributed by atoms with van der Waals surface area (Å²) in [6, 6.07) is 11.2. The van der Waals surface area contributed by atoms with Gasteiger partial charge in [0.05, 0.1) is 5.25 Å². The van der Waals surface area contributed by atoms with E-state index >= 15 is 0 Å². The number of aromatic amines is 1. The van der Waals surface area contributed by atoms with Gasteiger partial charge in [-0.15, -0.1) is 0 Å². The van der Waals surface area contributed by atoms with Gasteiger partial charge < -0.3 is 15.1 Å². The highest BCUT2D eigenvalue weighted by Crippen LogP contribution is 2.29. The maximum atomic E-state index is 12.1. The minimum atomic E-state index is -3.27. The van der Waals surface area contributed by atoms with Gasteiger partial charge in [-0.05, 0) is 50.6 Å². The summed E-state index contributed by atoms with van der Waals surface area (Å²) >= 11 is 0. The Morgan fingerprint density at radius 1 is 1.00 bits per heavy atom. The predicted molar refractivity (Wildman–Crippen MR) is 139 cm³/mol. The Morgan fingerprint density at radius 3 is 2.40 bits per heavy atom. The number of benzene rings is 1. The molecule has 1 saturated heterocycles.